The minimum atomic E-state index is -0.454. The fourth-order valence-electron chi connectivity index (χ4n) is 3.32. The lowest BCUT2D eigenvalue weighted by Crippen LogP contribution is -2.03. The molecule has 27 heavy (non-hydrogen) atoms. The van der Waals surface area contributed by atoms with Gasteiger partial charge in [-0.1, -0.05) is 35.3 Å². The van der Waals surface area contributed by atoms with Crippen LogP contribution in [0.5, 0.6) is 0 Å². The van der Waals surface area contributed by atoms with Crippen LogP contribution in [0.3, 0.4) is 0 Å². The van der Waals surface area contributed by atoms with Crippen molar-refractivity contribution in [2.24, 2.45) is 0 Å². The molecular weight excluding hydrogens is 384 g/mol. The van der Waals surface area contributed by atoms with Gasteiger partial charge in [0.25, 0.3) is 0 Å². The topological polar surface area (TPSA) is 48.7 Å². The minimum absolute atomic E-state index is 0.267. The Balaban J connectivity index is 2.45. The lowest BCUT2D eigenvalue weighted by Gasteiger charge is -2.18. The maximum Gasteiger partial charge on any atom is 0.157 e. The molecule has 0 aliphatic carbocycles. The summed E-state index contributed by atoms with van der Waals surface area (Å²) in [5.41, 5.74) is 4.37. The number of rotatable bonds is 4. The fraction of sp³-hybridized carbons (Fsp3) is 0.238. The van der Waals surface area contributed by atoms with Gasteiger partial charge in [0.2, 0.25) is 0 Å². The van der Waals surface area contributed by atoms with Gasteiger partial charge in [-0.05, 0) is 43.5 Å². The van der Waals surface area contributed by atoms with Crippen LogP contribution in [0.4, 0.5) is 10.1 Å². The van der Waals surface area contributed by atoms with E-state index in [1.165, 1.54) is 0 Å². The predicted octanol–water partition coefficient (Wildman–Crippen LogP) is 6.46. The Morgan fingerprint density at radius 1 is 1.26 bits per heavy atom. The number of hydrogen-bond donors (Lipinski definition) is 1. The van der Waals surface area contributed by atoms with Crippen molar-refractivity contribution in [1.82, 2.24) is 4.98 Å². The molecule has 1 N–H and O–H groups in total. The van der Waals surface area contributed by atoms with E-state index in [-0.39, 0.29) is 17.0 Å². The van der Waals surface area contributed by atoms with Crippen molar-refractivity contribution in [3.63, 3.8) is 0 Å². The second-order valence-electron chi connectivity index (χ2n) is 6.33. The van der Waals surface area contributed by atoms with Gasteiger partial charge in [0.05, 0.1) is 16.1 Å². The Morgan fingerprint density at radius 3 is 2.67 bits per heavy atom. The van der Waals surface area contributed by atoms with Gasteiger partial charge in [0.15, 0.2) is 5.82 Å². The Hall–Kier alpha value is -2.35. The first-order valence-corrected chi connectivity index (χ1v) is 9.27. The third-order valence-corrected chi connectivity index (χ3v) is 5.58. The van der Waals surface area contributed by atoms with Crippen molar-refractivity contribution in [2.75, 3.05) is 12.4 Å². The van der Waals surface area contributed by atoms with Crippen LogP contribution in [0, 0.1) is 31.0 Å². The number of halogens is 3. The Kier molecular flexibility index (Phi) is 5.55. The Morgan fingerprint density at radius 2 is 2.00 bits per heavy atom. The van der Waals surface area contributed by atoms with E-state index in [4.69, 9.17) is 28.5 Å². The lowest BCUT2D eigenvalue weighted by atomic mass is 9.92. The Labute approximate surface area is 167 Å². The van der Waals surface area contributed by atoms with Gasteiger partial charge in [0, 0.05) is 41.4 Å². The summed E-state index contributed by atoms with van der Waals surface area (Å²) in [5, 5.41) is 13.5. The van der Waals surface area contributed by atoms with Crippen LogP contribution in [-0.2, 0) is 6.42 Å². The quantitative estimate of drug-likeness (QED) is 0.545. The summed E-state index contributed by atoms with van der Waals surface area (Å²) in [6, 6.07) is 9.14. The normalized spacial score (nSPS) is 10.9. The van der Waals surface area contributed by atoms with Crippen LogP contribution < -0.4 is 5.32 Å². The second-order valence-corrected chi connectivity index (χ2v) is 7.11. The van der Waals surface area contributed by atoms with Crippen LogP contribution in [0.2, 0.25) is 10.0 Å². The zero-order valence-corrected chi connectivity index (χ0v) is 16.8. The lowest BCUT2D eigenvalue weighted by molar-refractivity contribution is 0.638. The standard InChI is InChI=1S/C21H18Cl2FN3/c1-11-12(2)27-21-15(20(11)26-3)10-13(6-5-9-25)17(19(21)24)14-7-4-8-16(22)18(14)23/h4,7-8,10H,5-6H2,1-3H3,(H,26,27). The van der Waals surface area contributed by atoms with E-state index in [0.29, 0.717) is 33.5 Å². The van der Waals surface area contributed by atoms with Crippen molar-refractivity contribution in [3.05, 3.63) is 56.9 Å². The molecule has 0 amide bonds. The highest BCUT2D eigenvalue weighted by atomic mass is 35.5. The molecule has 1 aromatic heterocycles. The maximum atomic E-state index is 15.7. The maximum absolute atomic E-state index is 15.7. The van der Waals surface area contributed by atoms with Crippen molar-refractivity contribution in [3.8, 4) is 17.2 Å². The largest absolute Gasteiger partial charge is 0.387 e. The summed E-state index contributed by atoms with van der Waals surface area (Å²) in [6.45, 7) is 3.80. The van der Waals surface area contributed by atoms with Gasteiger partial charge < -0.3 is 5.32 Å². The van der Waals surface area contributed by atoms with Crippen LogP contribution in [0.15, 0.2) is 24.3 Å². The number of aryl methyl sites for hydroxylation is 2. The van der Waals surface area contributed by atoms with Gasteiger partial charge >= 0.3 is 0 Å². The van der Waals surface area contributed by atoms with Gasteiger partial charge in [-0.15, -0.1) is 0 Å². The molecule has 0 radical (unpaired) electrons. The van der Waals surface area contributed by atoms with E-state index in [9.17, 15) is 0 Å². The van der Waals surface area contributed by atoms with Gasteiger partial charge in [-0.25, -0.2) is 9.37 Å². The number of fused-ring (bicyclic) bond motifs is 1. The molecule has 3 rings (SSSR count). The van der Waals surface area contributed by atoms with Crippen LogP contribution in [0.25, 0.3) is 22.0 Å². The molecule has 0 fully saturated rings. The van der Waals surface area contributed by atoms with E-state index in [2.05, 4.69) is 16.4 Å². The second kappa shape index (κ2) is 7.72. The fourth-order valence-corrected chi connectivity index (χ4v) is 3.72. The molecule has 0 atom stereocenters. The van der Waals surface area contributed by atoms with E-state index in [1.54, 1.807) is 25.2 Å². The number of aromatic nitrogens is 1. The number of pyridine rings is 1. The third-order valence-electron chi connectivity index (χ3n) is 4.77. The van der Waals surface area contributed by atoms with Gasteiger partial charge in [0.1, 0.15) is 5.52 Å². The molecule has 3 aromatic rings. The molecule has 0 saturated heterocycles. The number of nitrogens with one attached hydrogen (secondary N) is 1. The molecular formula is C21H18Cl2FN3. The first-order valence-electron chi connectivity index (χ1n) is 8.52. The summed E-state index contributed by atoms with van der Waals surface area (Å²) >= 11 is 12.5. The summed E-state index contributed by atoms with van der Waals surface area (Å²) in [4.78, 5) is 4.49. The van der Waals surface area contributed by atoms with Crippen molar-refractivity contribution >= 4 is 39.8 Å². The minimum Gasteiger partial charge on any atom is -0.387 e. The van der Waals surface area contributed by atoms with Crippen LogP contribution >= 0.6 is 23.2 Å². The summed E-state index contributed by atoms with van der Waals surface area (Å²) < 4.78 is 15.7. The van der Waals surface area contributed by atoms with Crippen LogP contribution in [-0.4, -0.2) is 12.0 Å². The SMILES string of the molecule is CNc1c(C)c(C)nc2c(F)c(-c3cccc(Cl)c3Cl)c(CCC#N)cc12. The van der Waals surface area contributed by atoms with Crippen molar-refractivity contribution < 1.29 is 4.39 Å². The molecule has 0 bridgehead atoms. The molecule has 2 aromatic carbocycles. The molecule has 0 saturated carbocycles. The number of anilines is 1. The van der Waals surface area contributed by atoms with E-state index >= 15 is 4.39 Å². The molecule has 0 unspecified atom stereocenters. The van der Waals surface area contributed by atoms with Gasteiger partial charge in [-0.2, -0.15) is 5.26 Å². The van der Waals surface area contributed by atoms with E-state index in [0.717, 1.165) is 16.9 Å². The Bertz CT molecular complexity index is 1090. The van der Waals surface area contributed by atoms with Crippen molar-refractivity contribution in [2.45, 2.75) is 26.7 Å². The molecule has 138 valence electrons. The monoisotopic (exact) mass is 401 g/mol. The summed E-state index contributed by atoms with van der Waals surface area (Å²) in [7, 11) is 1.80. The number of nitriles is 1. The zero-order valence-electron chi connectivity index (χ0n) is 15.3. The molecule has 0 aliphatic rings. The number of benzene rings is 2. The molecule has 0 spiro atoms. The van der Waals surface area contributed by atoms with Crippen molar-refractivity contribution in [1.29, 1.82) is 5.26 Å². The van der Waals surface area contributed by atoms with E-state index in [1.807, 2.05) is 19.9 Å². The first kappa shape index (κ1) is 19.4. The van der Waals surface area contributed by atoms with E-state index < -0.39 is 5.82 Å². The molecule has 0 aliphatic heterocycles. The third kappa shape index (κ3) is 3.34. The predicted molar refractivity (Wildman–Crippen MR) is 110 cm³/mol. The highest BCUT2D eigenvalue weighted by molar-refractivity contribution is 6.43. The van der Waals surface area contributed by atoms with Gasteiger partial charge in [-0.3, -0.25) is 0 Å². The average molecular weight is 402 g/mol. The smallest absolute Gasteiger partial charge is 0.157 e. The summed E-state index contributed by atoms with van der Waals surface area (Å²) in [6.07, 6.45) is 0.668. The molecule has 3 nitrogen and oxygen atoms in total. The van der Waals surface area contributed by atoms with Crippen LogP contribution in [0.1, 0.15) is 23.2 Å². The molecule has 6 heteroatoms. The average Bonchev–Trinajstić information content (AvgIpc) is 2.65. The highest BCUT2D eigenvalue weighted by Gasteiger charge is 2.22. The number of hydrogen-bond acceptors (Lipinski definition) is 3. The highest BCUT2D eigenvalue weighted by Crippen LogP contribution is 2.41. The molecule has 1 heterocycles. The first-order chi connectivity index (χ1) is 12.9. The number of nitrogens with zero attached hydrogens (tertiary/aromatic N) is 2. The zero-order chi connectivity index (χ0) is 19.7. The summed E-state index contributed by atoms with van der Waals surface area (Å²) in [5.74, 6) is -0.454.